The number of nitrogens with zero attached hydrogens (tertiary/aromatic N) is 1. The number of halogens is 1. The molecule has 0 aliphatic heterocycles. The second-order valence-corrected chi connectivity index (χ2v) is 7.39. The highest BCUT2D eigenvalue weighted by Crippen LogP contribution is 2.20. The minimum Gasteiger partial charge on any atom is -0.493 e. The van der Waals surface area contributed by atoms with E-state index in [-0.39, 0.29) is 5.91 Å². The molecule has 3 rings (SSSR count). The zero-order valence-electron chi connectivity index (χ0n) is 15.0. The molecule has 0 aliphatic rings. The number of hydrazone groups is 1. The first-order valence-electron chi connectivity index (χ1n) is 8.70. The van der Waals surface area contributed by atoms with Crippen molar-refractivity contribution >= 4 is 35.5 Å². The molecule has 0 unspecified atom stereocenters. The predicted molar refractivity (Wildman–Crippen MR) is 116 cm³/mol. The first-order valence-corrected chi connectivity index (χ1v) is 10.1. The second-order valence-electron chi connectivity index (χ2n) is 5.79. The van der Waals surface area contributed by atoms with Crippen molar-refractivity contribution in [1.82, 2.24) is 5.43 Å². The first-order chi connectivity index (χ1) is 13.7. The van der Waals surface area contributed by atoms with E-state index in [1.54, 1.807) is 30.1 Å². The number of ether oxygens (including phenoxy) is 1. The number of nitrogens with one attached hydrogen (secondary N) is 1. The van der Waals surface area contributed by atoms with E-state index in [9.17, 15) is 4.79 Å². The maximum atomic E-state index is 11.9. The van der Waals surface area contributed by atoms with Gasteiger partial charge in [0.15, 0.2) is 0 Å². The maximum Gasteiger partial charge on any atom is 0.271 e. The van der Waals surface area contributed by atoms with Gasteiger partial charge in [0.25, 0.3) is 5.91 Å². The lowest BCUT2D eigenvalue weighted by molar-refractivity contribution is 0.0955. The van der Waals surface area contributed by atoms with Crippen molar-refractivity contribution in [3.63, 3.8) is 0 Å². The van der Waals surface area contributed by atoms with E-state index < -0.39 is 0 Å². The fourth-order valence-electron chi connectivity index (χ4n) is 2.32. The Bertz CT molecular complexity index is 914. The zero-order chi connectivity index (χ0) is 19.6. The highest BCUT2D eigenvalue weighted by Gasteiger charge is 2.01. The summed E-state index contributed by atoms with van der Waals surface area (Å²) >= 11 is 7.60. The van der Waals surface area contributed by atoms with Crippen LogP contribution in [0.2, 0.25) is 5.02 Å². The Labute approximate surface area is 173 Å². The highest BCUT2D eigenvalue weighted by molar-refractivity contribution is 7.99. The molecule has 0 heterocycles. The summed E-state index contributed by atoms with van der Waals surface area (Å²) in [6.45, 7) is 0.605. The Kier molecular flexibility index (Phi) is 7.53. The van der Waals surface area contributed by atoms with Gasteiger partial charge in [0.1, 0.15) is 5.75 Å². The van der Waals surface area contributed by atoms with Crippen LogP contribution >= 0.6 is 23.4 Å². The number of carbonyl (C=O) groups is 1. The molecule has 3 aromatic rings. The average Bonchev–Trinajstić information content (AvgIpc) is 2.74. The summed E-state index contributed by atoms with van der Waals surface area (Å²) in [7, 11) is 0. The predicted octanol–water partition coefficient (Wildman–Crippen LogP) is 5.28. The van der Waals surface area contributed by atoms with Gasteiger partial charge in [-0.25, -0.2) is 5.43 Å². The molecule has 0 saturated heterocycles. The van der Waals surface area contributed by atoms with Crippen LogP contribution in [0.5, 0.6) is 5.75 Å². The van der Waals surface area contributed by atoms with Crippen LogP contribution in [0.1, 0.15) is 15.9 Å². The molecule has 0 aromatic heterocycles. The van der Waals surface area contributed by atoms with Gasteiger partial charge in [-0.2, -0.15) is 5.10 Å². The van der Waals surface area contributed by atoms with Gasteiger partial charge in [0.05, 0.1) is 12.8 Å². The molecule has 1 N–H and O–H groups in total. The van der Waals surface area contributed by atoms with Crippen molar-refractivity contribution in [2.24, 2.45) is 5.10 Å². The van der Waals surface area contributed by atoms with E-state index in [2.05, 4.69) is 10.5 Å². The molecule has 4 nitrogen and oxygen atoms in total. The number of hydrogen-bond acceptors (Lipinski definition) is 4. The third-order valence-electron chi connectivity index (χ3n) is 3.73. The van der Waals surface area contributed by atoms with E-state index in [1.807, 2.05) is 66.7 Å². The lowest BCUT2D eigenvalue weighted by atomic mass is 10.2. The van der Waals surface area contributed by atoms with Gasteiger partial charge >= 0.3 is 0 Å². The zero-order valence-corrected chi connectivity index (χ0v) is 16.6. The molecule has 0 fully saturated rings. The Morgan fingerprint density at radius 1 is 1.00 bits per heavy atom. The van der Waals surface area contributed by atoms with Gasteiger partial charge in [0.2, 0.25) is 0 Å². The van der Waals surface area contributed by atoms with Crippen molar-refractivity contribution in [3.8, 4) is 5.75 Å². The normalized spacial score (nSPS) is 10.8. The Morgan fingerprint density at radius 2 is 1.71 bits per heavy atom. The number of hydrogen-bond donors (Lipinski definition) is 1. The third-order valence-corrected chi connectivity index (χ3v) is 4.96. The van der Waals surface area contributed by atoms with Crippen LogP contribution in [-0.4, -0.2) is 24.5 Å². The first kappa shape index (κ1) is 20.0. The van der Waals surface area contributed by atoms with Crippen LogP contribution < -0.4 is 10.2 Å². The molecule has 0 saturated carbocycles. The number of carbonyl (C=O) groups excluding carboxylic acids is 1. The van der Waals surface area contributed by atoms with Crippen molar-refractivity contribution < 1.29 is 9.53 Å². The van der Waals surface area contributed by atoms with E-state index in [1.165, 1.54) is 0 Å². The lowest BCUT2D eigenvalue weighted by Gasteiger charge is -2.06. The summed E-state index contributed by atoms with van der Waals surface area (Å²) in [5.41, 5.74) is 3.95. The molecule has 0 radical (unpaired) electrons. The van der Waals surface area contributed by atoms with E-state index >= 15 is 0 Å². The molecule has 142 valence electrons. The topological polar surface area (TPSA) is 50.7 Å². The van der Waals surface area contributed by atoms with Gasteiger partial charge in [-0.05, 0) is 66.2 Å². The second kappa shape index (κ2) is 10.5. The van der Waals surface area contributed by atoms with Crippen LogP contribution in [0.25, 0.3) is 0 Å². The highest BCUT2D eigenvalue weighted by atomic mass is 35.5. The average molecular weight is 411 g/mol. The van der Waals surface area contributed by atoms with Gasteiger partial charge < -0.3 is 4.74 Å². The fraction of sp³-hybridized carbons (Fsp3) is 0.0909. The summed E-state index contributed by atoms with van der Waals surface area (Å²) in [5.74, 6) is 1.40. The van der Waals surface area contributed by atoms with Crippen molar-refractivity contribution in [2.45, 2.75) is 4.90 Å². The Morgan fingerprint density at radius 3 is 2.43 bits per heavy atom. The van der Waals surface area contributed by atoms with Crippen LogP contribution in [0.15, 0.2) is 88.9 Å². The number of amides is 1. The molecular formula is C22H19ClN2O2S. The van der Waals surface area contributed by atoms with Crippen LogP contribution in [0.4, 0.5) is 0 Å². The van der Waals surface area contributed by atoms with Crippen molar-refractivity contribution in [1.29, 1.82) is 0 Å². The Balaban J connectivity index is 1.40. The summed E-state index contributed by atoms with van der Waals surface area (Å²) < 4.78 is 5.75. The molecule has 1 amide bonds. The van der Waals surface area contributed by atoms with Gasteiger partial charge in [-0.3, -0.25) is 4.79 Å². The molecular weight excluding hydrogens is 392 g/mol. The molecule has 0 spiro atoms. The molecule has 0 aliphatic carbocycles. The minimum atomic E-state index is -0.241. The summed E-state index contributed by atoms with van der Waals surface area (Å²) in [5, 5.41) is 4.72. The van der Waals surface area contributed by atoms with Crippen LogP contribution in [0.3, 0.4) is 0 Å². The SMILES string of the molecule is O=C(NN=Cc1ccc(OCCSc2ccc(Cl)cc2)cc1)c1ccccc1. The third kappa shape index (κ3) is 6.44. The molecule has 28 heavy (non-hydrogen) atoms. The standard InChI is InChI=1S/C22H19ClN2O2S/c23-19-8-12-21(13-9-19)28-15-14-27-20-10-6-17(7-11-20)16-24-25-22(26)18-4-2-1-3-5-18/h1-13,16H,14-15H2,(H,25,26). The lowest BCUT2D eigenvalue weighted by Crippen LogP contribution is -2.17. The molecule has 0 atom stereocenters. The van der Waals surface area contributed by atoms with Crippen LogP contribution in [0, 0.1) is 0 Å². The van der Waals surface area contributed by atoms with Crippen molar-refractivity contribution in [3.05, 3.63) is 95.0 Å². The van der Waals surface area contributed by atoms with E-state index in [0.717, 1.165) is 27.0 Å². The largest absolute Gasteiger partial charge is 0.493 e. The van der Waals surface area contributed by atoms with Gasteiger partial charge in [-0.1, -0.05) is 29.8 Å². The summed E-state index contributed by atoms with van der Waals surface area (Å²) in [6, 6.07) is 24.3. The molecule has 3 aromatic carbocycles. The molecule has 6 heteroatoms. The number of benzene rings is 3. The molecule has 0 bridgehead atoms. The Hall–Kier alpha value is -2.76. The number of rotatable bonds is 8. The van der Waals surface area contributed by atoms with Crippen molar-refractivity contribution in [2.75, 3.05) is 12.4 Å². The maximum absolute atomic E-state index is 11.9. The summed E-state index contributed by atoms with van der Waals surface area (Å²) in [6.07, 6.45) is 1.60. The van der Waals surface area contributed by atoms with E-state index in [0.29, 0.717) is 12.2 Å². The minimum absolute atomic E-state index is 0.241. The monoisotopic (exact) mass is 410 g/mol. The fourth-order valence-corrected chi connectivity index (χ4v) is 3.18. The summed E-state index contributed by atoms with van der Waals surface area (Å²) in [4.78, 5) is 13.1. The van der Waals surface area contributed by atoms with Gasteiger partial charge in [-0.15, -0.1) is 11.8 Å². The smallest absolute Gasteiger partial charge is 0.271 e. The van der Waals surface area contributed by atoms with Crippen LogP contribution in [-0.2, 0) is 0 Å². The van der Waals surface area contributed by atoms with Gasteiger partial charge in [0, 0.05) is 21.2 Å². The quantitative estimate of drug-likeness (QED) is 0.238. The number of thioether (sulfide) groups is 1. The van der Waals surface area contributed by atoms with E-state index in [4.69, 9.17) is 16.3 Å².